The molecule has 1 heterocycles. The topological polar surface area (TPSA) is 75.2 Å². The molecule has 0 saturated heterocycles. The lowest BCUT2D eigenvalue weighted by Crippen LogP contribution is -2.10. The van der Waals surface area contributed by atoms with Crippen LogP contribution in [0.25, 0.3) is 11.0 Å². The zero-order chi connectivity index (χ0) is 23.6. The summed E-state index contributed by atoms with van der Waals surface area (Å²) in [6.45, 7) is 1.33. The van der Waals surface area contributed by atoms with Crippen LogP contribution in [-0.2, 0) is 11.0 Å². The molecular weight excluding hydrogens is 453 g/mol. The number of benzene rings is 3. The van der Waals surface area contributed by atoms with Crippen LogP contribution in [0.1, 0.15) is 27.5 Å². The van der Waals surface area contributed by atoms with Crippen LogP contribution in [0.15, 0.2) is 71.9 Å². The summed E-state index contributed by atoms with van der Waals surface area (Å²) >= 11 is 1.39. The molecule has 1 atom stereocenters. The summed E-state index contributed by atoms with van der Waals surface area (Å²) in [7, 11) is 0. The molecule has 170 valence electrons. The third-order valence-electron chi connectivity index (χ3n) is 5.03. The van der Waals surface area contributed by atoms with Gasteiger partial charge in [-0.25, -0.2) is 9.78 Å². The van der Waals surface area contributed by atoms with Crippen molar-refractivity contribution in [2.75, 3.05) is 6.61 Å². The SMILES string of the molecule is Cc1cc(SC(c2cccc(C(F)(F)F)c2)c2cccc3[nH]cnc23)ccc1OCC(=O)O. The van der Waals surface area contributed by atoms with Gasteiger partial charge < -0.3 is 14.8 Å². The third-order valence-corrected chi connectivity index (χ3v) is 6.32. The van der Waals surface area contributed by atoms with Crippen molar-refractivity contribution in [3.8, 4) is 5.75 Å². The van der Waals surface area contributed by atoms with Gasteiger partial charge >= 0.3 is 12.1 Å². The molecule has 0 saturated carbocycles. The molecule has 0 aliphatic rings. The summed E-state index contributed by atoms with van der Waals surface area (Å²) in [6, 6.07) is 16.1. The zero-order valence-electron chi connectivity index (χ0n) is 17.4. The zero-order valence-corrected chi connectivity index (χ0v) is 18.2. The van der Waals surface area contributed by atoms with Gasteiger partial charge in [0.15, 0.2) is 6.61 Å². The van der Waals surface area contributed by atoms with Crippen molar-refractivity contribution in [2.24, 2.45) is 0 Å². The highest BCUT2D eigenvalue weighted by atomic mass is 32.2. The number of carbonyl (C=O) groups is 1. The van der Waals surface area contributed by atoms with Crippen LogP contribution < -0.4 is 4.74 Å². The molecule has 4 aromatic rings. The summed E-state index contributed by atoms with van der Waals surface area (Å²) in [5.74, 6) is -0.642. The van der Waals surface area contributed by atoms with E-state index in [2.05, 4.69) is 9.97 Å². The number of para-hydroxylation sites is 1. The number of fused-ring (bicyclic) bond motifs is 1. The molecule has 0 radical (unpaired) electrons. The van der Waals surface area contributed by atoms with Crippen LogP contribution in [0.3, 0.4) is 0 Å². The first-order valence-corrected chi connectivity index (χ1v) is 10.8. The fraction of sp³-hybridized carbons (Fsp3) is 0.167. The molecule has 0 aliphatic heterocycles. The minimum atomic E-state index is -4.46. The van der Waals surface area contributed by atoms with E-state index in [9.17, 15) is 18.0 Å². The monoisotopic (exact) mass is 472 g/mol. The quantitative estimate of drug-likeness (QED) is 0.312. The van der Waals surface area contributed by atoms with Gasteiger partial charge in [0.2, 0.25) is 0 Å². The fourth-order valence-corrected chi connectivity index (χ4v) is 4.79. The minimum Gasteiger partial charge on any atom is -0.482 e. The van der Waals surface area contributed by atoms with Crippen LogP contribution in [-0.4, -0.2) is 27.7 Å². The summed E-state index contributed by atoms with van der Waals surface area (Å²) < 4.78 is 45.5. The highest BCUT2D eigenvalue weighted by Gasteiger charge is 2.31. The Labute approximate surface area is 191 Å². The van der Waals surface area contributed by atoms with Gasteiger partial charge in [0.05, 0.1) is 28.2 Å². The van der Waals surface area contributed by atoms with Gasteiger partial charge in [-0.1, -0.05) is 30.3 Å². The Hall–Kier alpha value is -3.46. The molecule has 1 aromatic heterocycles. The number of aryl methyl sites for hydroxylation is 1. The summed E-state index contributed by atoms with van der Waals surface area (Å²) in [5.41, 5.74) is 2.76. The van der Waals surface area contributed by atoms with Crippen LogP contribution in [0.5, 0.6) is 5.75 Å². The fourth-order valence-electron chi connectivity index (χ4n) is 3.52. The Morgan fingerprint density at radius 2 is 1.94 bits per heavy atom. The van der Waals surface area contributed by atoms with Crippen molar-refractivity contribution in [1.82, 2.24) is 9.97 Å². The van der Waals surface area contributed by atoms with E-state index in [-0.39, 0.29) is 0 Å². The highest BCUT2D eigenvalue weighted by Crippen LogP contribution is 2.44. The van der Waals surface area contributed by atoms with E-state index in [1.165, 1.54) is 23.9 Å². The second-order valence-electron chi connectivity index (χ2n) is 7.38. The smallest absolute Gasteiger partial charge is 0.416 e. The summed E-state index contributed by atoms with van der Waals surface area (Å²) in [5, 5.41) is 8.35. The van der Waals surface area contributed by atoms with Crippen molar-refractivity contribution in [3.63, 3.8) is 0 Å². The van der Waals surface area contributed by atoms with E-state index < -0.39 is 29.6 Å². The lowest BCUT2D eigenvalue weighted by Gasteiger charge is -2.20. The van der Waals surface area contributed by atoms with Crippen molar-refractivity contribution >= 4 is 28.8 Å². The number of aromatic amines is 1. The number of thioether (sulfide) groups is 1. The number of carboxylic acid groups (broad SMARTS) is 1. The molecule has 33 heavy (non-hydrogen) atoms. The molecule has 4 rings (SSSR count). The molecule has 0 fully saturated rings. The Morgan fingerprint density at radius 3 is 2.67 bits per heavy atom. The molecule has 0 bridgehead atoms. The first-order chi connectivity index (χ1) is 15.7. The summed E-state index contributed by atoms with van der Waals surface area (Å²) in [6.07, 6.45) is -2.90. The van der Waals surface area contributed by atoms with Gasteiger partial charge in [0.25, 0.3) is 0 Å². The van der Waals surface area contributed by atoms with E-state index in [0.717, 1.165) is 27.6 Å². The van der Waals surface area contributed by atoms with Crippen molar-refractivity contribution in [3.05, 3.63) is 89.2 Å². The average molecular weight is 472 g/mol. The predicted octanol–water partition coefficient (Wildman–Crippen LogP) is 6.24. The number of alkyl halides is 3. The van der Waals surface area contributed by atoms with Crippen LogP contribution in [0.2, 0.25) is 0 Å². The van der Waals surface area contributed by atoms with E-state index in [0.29, 0.717) is 16.8 Å². The maximum absolute atomic E-state index is 13.4. The largest absolute Gasteiger partial charge is 0.482 e. The Kier molecular flexibility index (Phi) is 6.33. The van der Waals surface area contributed by atoms with E-state index in [1.807, 2.05) is 24.3 Å². The lowest BCUT2D eigenvalue weighted by molar-refractivity contribution is -0.139. The first-order valence-electron chi connectivity index (χ1n) is 9.93. The number of aliphatic carboxylic acids is 1. The van der Waals surface area contributed by atoms with Crippen molar-refractivity contribution < 1.29 is 27.8 Å². The number of H-pyrrole nitrogens is 1. The van der Waals surface area contributed by atoms with Crippen molar-refractivity contribution in [2.45, 2.75) is 23.2 Å². The van der Waals surface area contributed by atoms with Gasteiger partial charge in [0.1, 0.15) is 5.75 Å². The van der Waals surface area contributed by atoms with E-state index in [1.54, 1.807) is 31.5 Å². The number of halogens is 3. The Bertz CT molecular complexity index is 1300. The Balaban J connectivity index is 1.75. The van der Waals surface area contributed by atoms with Crippen LogP contribution >= 0.6 is 11.8 Å². The lowest BCUT2D eigenvalue weighted by atomic mass is 10.0. The third kappa shape index (κ3) is 5.14. The number of nitrogens with one attached hydrogen (secondary N) is 1. The molecule has 3 aromatic carbocycles. The number of aromatic nitrogens is 2. The first kappa shape index (κ1) is 22.7. The second-order valence-corrected chi connectivity index (χ2v) is 8.56. The Morgan fingerprint density at radius 1 is 1.15 bits per heavy atom. The summed E-state index contributed by atoms with van der Waals surface area (Å²) in [4.78, 5) is 19.0. The molecular formula is C24H19F3N2O3S. The standard InChI is InChI=1S/C24H19F3N2O3S/c1-14-10-17(8-9-20(14)32-12-21(30)31)33-23(15-4-2-5-16(11-15)24(25,26)27)18-6-3-7-19-22(18)29-13-28-19/h2-11,13,23H,12H2,1H3,(H,28,29)(H,30,31). The van der Waals surface area contributed by atoms with Crippen LogP contribution in [0.4, 0.5) is 13.2 Å². The van der Waals surface area contributed by atoms with Gasteiger partial charge in [0, 0.05) is 4.90 Å². The molecule has 2 N–H and O–H groups in total. The average Bonchev–Trinajstić information content (AvgIpc) is 3.25. The number of nitrogens with zero attached hydrogens (tertiary/aromatic N) is 1. The normalized spacial score (nSPS) is 12.6. The van der Waals surface area contributed by atoms with E-state index in [4.69, 9.17) is 9.84 Å². The van der Waals surface area contributed by atoms with E-state index >= 15 is 0 Å². The number of hydrogen-bond donors (Lipinski definition) is 2. The number of imidazole rings is 1. The molecule has 0 spiro atoms. The molecule has 0 amide bonds. The second kappa shape index (κ2) is 9.19. The number of carboxylic acids is 1. The van der Waals surface area contributed by atoms with Gasteiger partial charge in [-0.3, -0.25) is 0 Å². The van der Waals surface area contributed by atoms with Crippen LogP contribution in [0, 0.1) is 6.92 Å². The minimum absolute atomic E-state index is 0.437. The molecule has 9 heteroatoms. The van der Waals surface area contributed by atoms with Gasteiger partial charge in [-0.15, -0.1) is 11.8 Å². The molecule has 1 unspecified atom stereocenters. The van der Waals surface area contributed by atoms with Gasteiger partial charge in [-0.05, 0) is 53.9 Å². The maximum atomic E-state index is 13.4. The predicted molar refractivity (Wildman–Crippen MR) is 120 cm³/mol. The van der Waals surface area contributed by atoms with Gasteiger partial charge in [-0.2, -0.15) is 13.2 Å². The number of hydrogen-bond acceptors (Lipinski definition) is 4. The maximum Gasteiger partial charge on any atom is 0.416 e. The molecule has 5 nitrogen and oxygen atoms in total. The number of ether oxygens (including phenoxy) is 1. The number of rotatable bonds is 7. The van der Waals surface area contributed by atoms with Crippen molar-refractivity contribution in [1.29, 1.82) is 0 Å². The molecule has 0 aliphatic carbocycles. The highest BCUT2D eigenvalue weighted by molar-refractivity contribution is 7.99.